The Bertz CT molecular complexity index is 422. The average Bonchev–Trinajstić information content (AvgIpc) is 2.30. The largest absolute Gasteiger partial charge is 0.508 e. The molecule has 0 aliphatic carbocycles. The van der Waals surface area contributed by atoms with E-state index in [0.29, 0.717) is 0 Å². The Hall–Kier alpha value is -1.84. The summed E-state index contributed by atoms with van der Waals surface area (Å²) in [5.41, 5.74) is -0.378. The van der Waals surface area contributed by atoms with Crippen LogP contribution in [0.2, 0.25) is 0 Å². The van der Waals surface area contributed by atoms with Crippen LogP contribution in [0.1, 0.15) is 19.4 Å². The molecule has 17 heavy (non-hydrogen) atoms. The van der Waals surface area contributed by atoms with Gasteiger partial charge < -0.3 is 9.84 Å². The molecule has 1 rings (SSSR count). The Balaban J connectivity index is 2.99. The van der Waals surface area contributed by atoms with Crippen LogP contribution in [0.3, 0.4) is 0 Å². The van der Waals surface area contributed by atoms with E-state index in [1.807, 2.05) is 0 Å². The fraction of sp³-hybridized carbons (Fsp3) is 0.385. The van der Waals surface area contributed by atoms with Gasteiger partial charge in [-0.1, -0.05) is 12.1 Å². The predicted octanol–water partition coefficient (Wildman–Crippen LogP) is 1.70. The predicted molar refractivity (Wildman–Crippen MR) is 62.6 cm³/mol. The van der Waals surface area contributed by atoms with Crippen molar-refractivity contribution in [1.29, 1.82) is 0 Å². The van der Waals surface area contributed by atoms with Gasteiger partial charge >= 0.3 is 5.97 Å². The molecule has 0 fully saturated rings. The van der Waals surface area contributed by atoms with Crippen LogP contribution in [0.15, 0.2) is 24.3 Å². The second kappa shape index (κ2) is 4.99. The van der Waals surface area contributed by atoms with Gasteiger partial charge in [0.05, 0.1) is 7.11 Å². The molecule has 1 aromatic rings. The lowest BCUT2D eigenvalue weighted by Gasteiger charge is -2.23. The molecule has 1 atom stereocenters. The van der Waals surface area contributed by atoms with Crippen molar-refractivity contribution in [1.82, 2.24) is 0 Å². The molecule has 0 bridgehead atoms. The Morgan fingerprint density at radius 3 is 2.24 bits per heavy atom. The fourth-order valence-corrected chi connectivity index (χ4v) is 1.59. The first-order valence-corrected chi connectivity index (χ1v) is 5.27. The Morgan fingerprint density at radius 1 is 1.29 bits per heavy atom. The summed E-state index contributed by atoms with van der Waals surface area (Å²) in [6, 6.07) is 6.40. The number of carbonyl (C=O) groups is 2. The summed E-state index contributed by atoms with van der Waals surface area (Å²) >= 11 is 0. The standard InChI is InChI=1S/C13H16O4/c1-9(14)13(2,12(16)17-3)8-10-4-6-11(15)7-5-10/h4-7,15H,8H2,1-3H3. The maximum absolute atomic E-state index is 11.7. The second-order valence-corrected chi connectivity index (χ2v) is 4.22. The minimum Gasteiger partial charge on any atom is -0.508 e. The summed E-state index contributed by atoms with van der Waals surface area (Å²) in [7, 11) is 1.26. The number of ketones is 1. The van der Waals surface area contributed by atoms with Crippen molar-refractivity contribution in [3.8, 4) is 5.75 Å². The SMILES string of the molecule is COC(=O)C(C)(Cc1ccc(O)cc1)C(C)=O. The van der Waals surface area contributed by atoms with Gasteiger partial charge in [0.15, 0.2) is 0 Å². The summed E-state index contributed by atoms with van der Waals surface area (Å²) in [5, 5.41) is 9.16. The first kappa shape index (κ1) is 13.2. The molecule has 4 nitrogen and oxygen atoms in total. The Morgan fingerprint density at radius 2 is 1.82 bits per heavy atom. The number of esters is 1. The molecule has 92 valence electrons. The summed E-state index contributed by atoms with van der Waals surface area (Å²) in [5.74, 6) is -0.633. The zero-order chi connectivity index (χ0) is 13.1. The number of benzene rings is 1. The lowest BCUT2D eigenvalue weighted by atomic mass is 9.80. The number of phenols is 1. The minimum atomic E-state index is -1.17. The first-order valence-electron chi connectivity index (χ1n) is 5.27. The molecule has 0 spiro atoms. The topological polar surface area (TPSA) is 63.6 Å². The number of aromatic hydroxyl groups is 1. The first-order chi connectivity index (χ1) is 7.90. The van der Waals surface area contributed by atoms with E-state index in [9.17, 15) is 9.59 Å². The fourth-order valence-electron chi connectivity index (χ4n) is 1.59. The van der Waals surface area contributed by atoms with E-state index >= 15 is 0 Å². The highest BCUT2D eigenvalue weighted by atomic mass is 16.5. The van der Waals surface area contributed by atoms with Crippen molar-refractivity contribution in [3.63, 3.8) is 0 Å². The number of ether oxygens (including phenoxy) is 1. The van der Waals surface area contributed by atoms with Gasteiger partial charge in [-0.3, -0.25) is 9.59 Å². The monoisotopic (exact) mass is 236 g/mol. The summed E-state index contributed by atoms with van der Waals surface area (Å²) in [4.78, 5) is 23.2. The van der Waals surface area contributed by atoms with Gasteiger partial charge in [0.1, 0.15) is 16.9 Å². The lowest BCUT2D eigenvalue weighted by molar-refractivity contribution is -0.156. The molecule has 0 aliphatic heterocycles. The highest BCUT2D eigenvalue weighted by Crippen LogP contribution is 2.26. The Kier molecular flexibility index (Phi) is 3.89. The van der Waals surface area contributed by atoms with Gasteiger partial charge in [-0.15, -0.1) is 0 Å². The molecular formula is C13H16O4. The van der Waals surface area contributed by atoms with E-state index in [1.165, 1.54) is 26.2 Å². The van der Waals surface area contributed by atoms with Crippen molar-refractivity contribution >= 4 is 11.8 Å². The molecule has 1 N–H and O–H groups in total. The highest BCUT2D eigenvalue weighted by molar-refractivity contribution is 6.02. The van der Waals surface area contributed by atoms with Crippen LogP contribution in [0, 0.1) is 5.41 Å². The number of carbonyl (C=O) groups excluding carboxylic acids is 2. The molecule has 0 saturated heterocycles. The van der Waals surface area contributed by atoms with Crippen LogP contribution in [0.25, 0.3) is 0 Å². The normalized spacial score (nSPS) is 13.8. The molecule has 0 amide bonds. The van der Waals surface area contributed by atoms with E-state index in [2.05, 4.69) is 4.74 Å². The number of rotatable bonds is 4. The number of hydrogen-bond acceptors (Lipinski definition) is 4. The van der Waals surface area contributed by atoms with Crippen molar-refractivity contribution in [3.05, 3.63) is 29.8 Å². The number of hydrogen-bond donors (Lipinski definition) is 1. The van der Waals surface area contributed by atoms with E-state index < -0.39 is 11.4 Å². The van der Waals surface area contributed by atoms with Crippen LogP contribution in [-0.2, 0) is 20.7 Å². The van der Waals surface area contributed by atoms with E-state index in [-0.39, 0.29) is 18.0 Å². The van der Waals surface area contributed by atoms with Crippen LogP contribution in [0.5, 0.6) is 5.75 Å². The van der Waals surface area contributed by atoms with Crippen LogP contribution in [-0.4, -0.2) is 24.0 Å². The summed E-state index contributed by atoms with van der Waals surface area (Å²) in [6.07, 6.45) is 0.259. The second-order valence-electron chi connectivity index (χ2n) is 4.22. The smallest absolute Gasteiger partial charge is 0.319 e. The van der Waals surface area contributed by atoms with Gasteiger partial charge in [0.25, 0.3) is 0 Å². The minimum absolute atomic E-state index is 0.149. The molecule has 0 aliphatic rings. The highest BCUT2D eigenvalue weighted by Gasteiger charge is 2.39. The quantitative estimate of drug-likeness (QED) is 0.638. The molecule has 1 aromatic carbocycles. The zero-order valence-electron chi connectivity index (χ0n) is 10.2. The van der Waals surface area contributed by atoms with Crippen molar-refractivity contribution in [2.24, 2.45) is 5.41 Å². The number of methoxy groups -OCH3 is 1. The number of Topliss-reactive ketones (excluding diaryl/α,β-unsaturated/α-hetero) is 1. The van der Waals surface area contributed by atoms with Crippen molar-refractivity contribution in [2.75, 3.05) is 7.11 Å². The molecule has 0 aromatic heterocycles. The molecule has 1 unspecified atom stereocenters. The van der Waals surface area contributed by atoms with E-state index in [4.69, 9.17) is 5.11 Å². The maximum atomic E-state index is 11.7. The van der Waals surface area contributed by atoms with Gasteiger partial charge in [-0.05, 0) is 38.0 Å². The van der Waals surface area contributed by atoms with E-state index in [1.54, 1.807) is 19.1 Å². The molecule has 0 saturated carbocycles. The van der Waals surface area contributed by atoms with Gasteiger partial charge in [-0.2, -0.15) is 0 Å². The summed E-state index contributed by atoms with van der Waals surface area (Å²) < 4.78 is 4.66. The Labute approximate surface area is 100 Å². The van der Waals surface area contributed by atoms with Gasteiger partial charge in [0, 0.05) is 0 Å². The number of phenolic OH excluding ortho intramolecular Hbond substituents is 1. The van der Waals surface area contributed by atoms with Gasteiger partial charge in [-0.25, -0.2) is 0 Å². The molecular weight excluding hydrogens is 220 g/mol. The zero-order valence-corrected chi connectivity index (χ0v) is 10.2. The van der Waals surface area contributed by atoms with Crippen molar-refractivity contribution < 1.29 is 19.4 Å². The van der Waals surface area contributed by atoms with Crippen molar-refractivity contribution in [2.45, 2.75) is 20.3 Å². The molecule has 0 radical (unpaired) electrons. The molecule has 0 heterocycles. The third-order valence-corrected chi connectivity index (χ3v) is 2.91. The van der Waals surface area contributed by atoms with Crippen LogP contribution in [0.4, 0.5) is 0 Å². The van der Waals surface area contributed by atoms with Crippen LogP contribution < -0.4 is 0 Å². The van der Waals surface area contributed by atoms with E-state index in [0.717, 1.165) is 5.56 Å². The van der Waals surface area contributed by atoms with Gasteiger partial charge in [0.2, 0.25) is 0 Å². The summed E-state index contributed by atoms with van der Waals surface area (Å²) in [6.45, 7) is 2.94. The third-order valence-electron chi connectivity index (χ3n) is 2.91. The average molecular weight is 236 g/mol. The maximum Gasteiger partial charge on any atom is 0.319 e. The van der Waals surface area contributed by atoms with Crippen LogP contribution >= 0.6 is 0 Å². The lowest BCUT2D eigenvalue weighted by Crippen LogP contribution is -2.38. The third kappa shape index (κ3) is 2.84. The molecule has 4 heteroatoms.